The number of halogens is 3. The first-order valence-electron chi connectivity index (χ1n) is 9.18. The maximum absolute atomic E-state index is 14.2. The van der Waals surface area contributed by atoms with Gasteiger partial charge < -0.3 is 19.1 Å². The number of ether oxygens (including phenoxy) is 2. The summed E-state index contributed by atoms with van der Waals surface area (Å²) in [6.45, 7) is 1.32. The number of benzene rings is 2. The molecule has 9 heteroatoms. The van der Waals surface area contributed by atoms with E-state index in [0.717, 1.165) is 12.1 Å². The monoisotopic (exact) mass is 433 g/mol. The Hall–Kier alpha value is -3.75. The number of aliphatic hydroxyl groups is 1. The average molecular weight is 433 g/mol. The minimum absolute atomic E-state index is 0.00784. The molecule has 0 aliphatic rings. The van der Waals surface area contributed by atoms with Crippen molar-refractivity contribution in [2.75, 3.05) is 13.7 Å². The van der Waals surface area contributed by atoms with Gasteiger partial charge in [0.25, 0.3) is 5.78 Å². The first-order chi connectivity index (χ1) is 14.8. The number of hydrogen-bond donors (Lipinski definition) is 1. The Labute approximate surface area is 175 Å². The average Bonchev–Trinajstić information content (AvgIpc) is 3.13. The minimum Gasteiger partial charge on any atom is -0.507 e. The Morgan fingerprint density at radius 1 is 1.13 bits per heavy atom. The number of carbonyl (C=O) groups excluding carboxylic acids is 2. The summed E-state index contributed by atoms with van der Waals surface area (Å²) >= 11 is 0. The highest BCUT2D eigenvalue weighted by atomic mass is 19.2. The molecule has 0 saturated heterocycles. The van der Waals surface area contributed by atoms with Crippen molar-refractivity contribution >= 4 is 28.4 Å². The molecule has 0 aliphatic carbocycles. The quantitative estimate of drug-likeness (QED) is 0.199. The van der Waals surface area contributed by atoms with Crippen LogP contribution >= 0.6 is 0 Å². The normalized spacial score (nSPS) is 11.6. The first-order valence-corrected chi connectivity index (χ1v) is 9.18. The predicted molar refractivity (Wildman–Crippen MR) is 106 cm³/mol. The molecule has 1 aromatic heterocycles. The summed E-state index contributed by atoms with van der Waals surface area (Å²) in [5.74, 6) is -6.63. The van der Waals surface area contributed by atoms with E-state index in [1.165, 1.54) is 24.8 Å². The molecule has 0 fully saturated rings. The van der Waals surface area contributed by atoms with E-state index in [1.54, 1.807) is 18.2 Å². The third-order valence-corrected chi connectivity index (χ3v) is 4.56. The summed E-state index contributed by atoms with van der Waals surface area (Å²) in [6, 6.07) is 6.82. The fourth-order valence-corrected chi connectivity index (χ4v) is 3.15. The second kappa shape index (κ2) is 8.95. The molecule has 1 heterocycles. The molecule has 0 atom stereocenters. The highest BCUT2D eigenvalue weighted by Crippen LogP contribution is 2.34. The van der Waals surface area contributed by atoms with Gasteiger partial charge in [0.2, 0.25) is 0 Å². The van der Waals surface area contributed by atoms with Crippen molar-refractivity contribution in [3.05, 3.63) is 71.2 Å². The molecule has 0 bridgehead atoms. The fraction of sp³-hybridized carbons (Fsp3) is 0.182. The van der Waals surface area contributed by atoms with E-state index in [-0.39, 0.29) is 24.3 Å². The van der Waals surface area contributed by atoms with Crippen LogP contribution in [-0.2, 0) is 20.9 Å². The lowest BCUT2D eigenvalue weighted by Crippen LogP contribution is -2.15. The third kappa shape index (κ3) is 4.25. The molecule has 1 N–H and O–H groups in total. The van der Waals surface area contributed by atoms with Crippen LogP contribution in [0.1, 0.15) is 18.1 Å². The van der Waals surface area contributed by atoms with Gasteiger partial charge in [0.15, 0.2) is 17.5 Å². The number of esters is 1. The maximum Gasteiger partial charge on any atom is 0.379 e. The van der Waals surface area contributed by atoms with Crippen molar-refractivity contribution in [2.24, 2.45) is 0 Å². The van der Waals surface area contributed by atoms with Crippen LogP contribution < -0.4 is 4.74 Å². The lowest BCUT2D eigenvalue weighted by atomic mass is 10.1. The van der Waals surface area contributed by atoms with Crippen molar-refractivity contribution in [1.82, 2.24) is 4.57 Å². The summed E-state index contributed by atoms with van der Waals surface area (Å²) in [5, 5.41) is 10.9. The van der Waals surface area contributed by atoms with Crippen LogP contribution in [0.5, 0.6) is 5.75 Å². The summed E-state index contributed by atoms with van der Waals surface area (Å²) in [4.78, 5) is 23.5. The van der Waals surface area contributed by atoms with E-state index in [9.17, 15) is 27.9 Å². The second-order valence-corrected chi connectivity index (χ2v) is 6.47. The van der Waals surface area contributed by atoms with Gasteiger partial charge in [-0.15, -0.1) is 0 Å². The Morgan fingerprint density at radius 2 is 1.87 bits per heavy atom. The zero-order chi connectivity index (χ0) is 22.7. The van der Waals surface area contributed by atoms with E-state index in [1.807, 2.05) is 0 Å². The second-order valence-electron chi connectivity index (χ2n) is 6.47. The van der Waals surface area contributed by atoms with Crippen LogP contribution in [0, 0.1) is 17.5 Å². The lowest BCUT2D eigenvalue weighted by Gasteiger charge is -2.08. The molecule has 0 amide bonds. The number of aromatic nitrogens is 1. The zero-order valence-electron chi connectivity index (χ0n) is 16.6. The van der Waals surface area contributed by atoms with E-state index < -0.39 is 35.0 Å². The minimum atomic E-state index is -1.59. The summed E-state index contributed by atoms with van der Waals surface area (Å²) in [7, 11) is 1.40. The summed E-state index contributed by atoms with van der Waals surface area (Å²) < 4.78 is 52.5. The number of hydrogen-bond acceptors (Lipinski definition) is 5. The number of aliphatic hydroxyl groups excluding tert-OH is 1. The van der Waals surface area contributed by atoms with Gasteiger partial charge in [0.1, 0.15) is 11.5 Å². The predicted octanol–water partition coefficient (Wildman–Crippen LogP) is 4.15. The molecule has 0 unspecified atom stereocenters. The maximum atomic E-state index is 14.2. The van der Waals surface area contributed by atoms with Gasteiger partial charge in [0.05, 0.1) is 31.2 Å². The molecular weight excluding hydrogens is 415 g/mol. The van der Waals surface area contributed by atoms with Crippen molar-refractivity contribution in [1.29, 1.82) is 0 Å². The van der Waals surface area contributed by atoms with Crippen LogP contribution in [0.25, 0.3) is 16.7 Å². The Kier molecular flexibility index (Phi) is 6.33. The molecular formula is C22H18F3NO5. The molecule has 3 aromatic rings. The lowest BCUT2D eigenvalue weighted by molar-refractivity contribution is -0.151. The van der Waals surface area contributed by atoms with Gasteiger partial charge in [-0.3, -0.25) is 4.79 Å². The molecule has 31 heavy (non-hydrogen) atoms. The highest BCUT2D eigenvalue weighted by Gasteiger charge is 2.21. The van der Waals surface area contributed by atoms with Crippen LogP contribution in [0.4, 0.5) is 13.2 Å². The van der Waals surface area contributed by atoms with Gasteiger partial charge in [-0.25, -0.2) is 18.0 Å². The van der Waals surface area contributed by atoms with Crippen LogP contribution in [0.2, 0.25) is 0 Å². The molecule has 2 aromatic carbocycles. The SMILES string of the molecule is CCOC(=O)C(=O)/C=C(/O)c1cn(Cc2ccc(F)c(F)c2F)c2cccc(OC)c12. The number of nitrogens with zero attached hydrogens (tertiary/aromatic N) is 1. The van der Waals surface area contributed by atoms with Gasteiger partial charge >= 0.3 is 5.97 Å². The van der Waals surface area contributed by atoms with E-state index in [0.29, 0.717) is 22.7 Å². The van der Waals surface area contributed by atoms with Gasteiger partial charge in [-0.05, 0) is 25.1 Å². The topological polar surface area (TPSA) is 77.8 Å². The number of rotatable bonds is 7. The van der Waals surface area contributed by atoms with Gasteiger partial charge in [0, 0.05) is 23.4 Å². The van der Waals surface area contributed by atoms with E-state index >= 15 is 0 Å². The van der Waals surface area contributed by atoms with Crippen molar-refractivity contribution in [3.8, 4) is 5.75 Å². The number of methoxy groups -OCH3 is 1. The Morgan fingerprint density at radius 3 is 2.55 bits per heavy atom. The van der Waals surface area contributed by atoms with Crippen molar-refractivity contribution in [3.63, 3.8) is 0 Å². The Bertz CT molecular complexity index is 1200. The molecule has 0 aliphatic heterocycles. The highest BCUT2D eigenvalue weighted by molar-refractivity contribution is 6.39. The van der Waals surface area contributed by atoms with Gasteiger partial charge in [-0.2, -0.15) is 0 Å². The molecule has 0 spiro atoms. The van der Waals surface area contributed by atoms with Crippen LogP contribution in [0.15, 0.2) is 42.6 Å². The molecule has 0 radical (unpaired) electrons. The van der Waals surface area contributed by atoms with Gasteiger partial charge in [-0.1, -0.05) is 12.1 Å². The number of carbonyl (C=O) groups is 2. The van der Waals surface area contributed by atoms with Crippen LogP contribution in [-0.4, -0.2) is 35.1 Å². The molecule has 6 nitrogen and oxygen atoms in total. The van der Waals surface area contributed by atoms with Crippen molar-refractivity contribution in [2.45, 2.75) is 13.5 Å². The Balaban J connectivity index is 2.12. The van der Waals surface area contributed by atoms with Crippen LogP contribution in [0.3, 0.4) is 0 Å². The zero-order valence-corrected chi connectivity index (χ0v) is 16.6. The largest absolute Gasteiger partial charge is 0.507 e. The molecule has 162 valence electrons. The molecule has 0 saturated carbocycles. The fourth-order valence-electron chi connectivity index (χ4n) is 3.15. The molecule has 3 rings (SSSR count). The number of ketones is 1. The third-order valence-electron chi connectivity index (χ3n) is 4.56. The summed E-state index contributed by atoms with van der Waals surface area (Å²) in [5.41, 5.74) is 0.450. The number of fused-ring (bicyclic) bond motifs is 1. The van der Waals surface area contributed by atoms with E-state index in [4.69, 9.17) is 4.74 Å². The standard InChI is InChI=1S/C22H18F3NO5/c1-3-31-22(29)17(28)9-16(27)13-11-26(15-5-4-6-18(30-2)19(13)15)10-12-7-8-14(23)21(25)20(12)24/h4-9,11,27H,3,10H2,1-2H3/b16-9+. The smallest absolute Gasteiger partial charge is 0.379 e. The summed E-state index contributed by atoms with van der Waals surface area (Å²) in [6.07, 6.45) is 2.10. The van der Waals surface area contributed by atoms with E-state index in [2.05, 4.69) is 4.74 Å². The van der Waals surface area contributed by atoms with Crippen molar-refractivity contribution < 1.29 is 37.3 Å². The first kappa shape index (κ1) is 21.9.